The Morgan fingerprint density at radius 3 is 2.38 bits per heavy atom. The van der Waals surface area contributed by atoms with Crippen molar-refractivity contribution >= 4 is 11.4 Å². The maximum absolute atomic E-state index is 9.07. The second-order valence-electron chi connectivity index (χ2n) is 6.06. The van der Waals surface area contributed by atoms with Gasteiger partial charge in [-0.05, 0) is 58.4 Å². The van der Waals surface area contributed by atoms with Crippen LogP contribution in [0.2, 0.25) is 0 Å². The van der Waals surface area contributed by atoms with Gasteiger partial charge in [0.1, 0.15) is 0 Å². The highest BCUT2D eigenvalue weighted by Crippen LogP contribution is 2.21. The van der Waals surface area contributed by atoms with Crippen LogP contribution in [0.25, 0.3) is 0 Å². The minimum absolute atomic E-state index is 0.119. The van der Waals surface area contributed by atoms with Gasteiger partial charge in [0.15, 0.2) is 0 Å². The Hall–Kier alpha value is -1.26. The molecule has 1 aromatic rings. The van der Waals surface area contributed by atoms with Gasteiger partial charge in [0.05, 0.1) is 12.2 Å². The number of hydrogen-bond acceptors (Lipinski definition) is 4. The molecule has 21 heavy (non-hydrogen) atoms. The molecule has 0 saturated carbocycles. The topological polar surface area (TPSA) is 44.7 Å². The SMILES string of the molecule is CCN(CCO)c1ccc(NC(C)CC(C)(C)OC)cc1. The van der Waals surface area contributed by atoms with Crippen LogP contribution in [0.15, 0.2) is 24.3 Å². The van der Waals surface area contributed by atoms with Crippen LogP contribution in [-0.4, -0.2) is 43.6 Å². The summed E-state index contributed by atoms with van der Waals surface area (Å²) in [6.07, 6.45) is 0.941. The normalized spacial score (nSPS) is 13.0. The van der Waals surface area contributed by atoms with Crippen LogP contribution >= 0.6 is 0 Å². The largest absolute Gasteiger partial charge is 0.395 e. The zero-order valence-corrected chi connectivity index (χ0v) is 14.0. The molecule has 1 rings (SSSR count). The van der Waals surface area contributed by atoms with Crippen molar-refractivity contribution in [3.05, 3.63) is 24.3 Å². The highest BCUT2D eigenvalue weighted by Gasteiger charge is 2.20. The van der Waals surface area contributed by atoms with Crippen LogP contribution in [0.5, 0.6) is 0 Å². The van der Waals surface area contributed by atoms with E-state index in [0.717, 1.165) is 24.3 Å². The van der Waals surface area contributed by atoms with Crippen molar-refractivity contribution in [3.63, 3.8) is 0 Å². The fourth-order valence-electron chi connectivity index (χ4n) is 2.52. The van der Waals surface area contributed by atoms with E-state index >= 15 is 0 Å². The molecule has 120 valence electrons. The number of aliphatic hydroxyl groups is 1. The number of rotatable bonds is 9. The molecule has 0 aromatic heterocycles. The number of nitrogens with zero attached hydrogens (tertiary/aromatic N) is 1. The fourth-order valence-corrected chi connectivity index (χ4v) is 2.52. The van der Waals surface area contributed by atoms with Crippen LogP contribution in [0.3, 0.4) is 0 Å². The van der Waals surface area contributed by atoms with Gasteiger partial charge in [0.2, 0.25) is 0 Å². The molecule has 1 atom stereocenters. The fraction of sp³-hybridized carbons (Fsp3) is 0.647. The first-order valence-electron chi connectivity index (χ1n) is 7.69. The van der Waals surface area contributed by atoms with Crippen molar-refractivity contribution in [2.45, 2.75) is 45.8 Å². The first-order valence-corrected chi connectivity index (χ1v) is 7.69. The molecule has 1 aromatic carbocycles. The van der Waals surface area contributed by atoms with E-state index in [1.807, 2.05) is 0 Å². The van der Waals surface area contributed by atoms with Gasteiger partial charge in [-0.1, -0.05) is 0 Å². The van der Waals surface area contributed by atoms with Gasteiger partial charge in [-0.25, -0.2) is 0 Å². The van der Waals surface area contributed by atoms with Crippen molar-refractivity contribution in [1.29, 1.82) is 0 Å². The Labute approximate surface area is 129 Å². The van der Waals surface area contributed by atoms with Gasteiger partial charge in [0, 0.05) is 37.6 Å². The molecule has 1 unspecified atom stereocenters. The lowest BCUT2D eigenvalue weighted by Crippen LogP contribution is -2.31. The zero-order chi connectivity index (χ0) is 15.9. The molecule has 0 aliphatic rings. The molecule has 0 heterocycles. The molecule has 4 nitrogen and oxygen atoms in total. The Kier molecular flexibility index (Phi) is 6.99. The summed E-state index contributed by atoms with van der Waals surface area (Å²) in [7, 11) is 1.75. The minimum atomic E-state index is -0.119. The number of methoxy groups -OCH3 is 1. The number of ether oxygens (including phenoxy) is 1. The average molecular weight is 294 g/mol. The predicted octanol–water partition coefficient (Wildman–Crippen LogP) is 3.12. The Morgan fingerprint density at radius 2 is 1.90 bits per heavy atom. The number of nitrogens with one attached hydrogen (secondary N) is 1. The lowest BCUT2D eigenvalue weighted by molar-refractivity contribution is 0.0128. The molecule has 0 aliphatic carbocycles. The van der Waals surface area contributed by atoms with Gasteiger partial charge >= 0.3 is 0 Å². The lowest BCUT2D eigenvalue weighted by atomic mass is 9.99. The van der Waals surface area contributed by atoms with Crippen LogP contribution in [0.1, 0.15) is 34.1 Å². The van der Waals surface area contributed by atoms with Gasteiger partial charge in [-0.3, -0.25) is 0 Å². The van der Waals surface area contributed by atoms with E-state index in [1.165, 1.54) is 0 Å². The van der Waals surface area contributed by atoms with E-state index in [2.05, 4.69) is 62.2 Å². The first-order chi connectivity index (χ1) is 9.91. The summed E-state index contributed by atoms with van der Waals surface area (Å²) in [4.78, 5) is 2.15. The van der Waals surface area contributed by atoms with Crippen LogP contribution in [0, 0.1) is 0 Å². The molecule has 0 bridgehead atoms. The average Bonchev–Trinajstić information content (AvgIpc) is 2.45. The Morgan fingerprint density at radius 1 is 1.29 bits per heavy atom. The third-order valence-electron chi connectivity index (χ3n) is 3.75. The first kappa shape index (κ1) is 17.8. The van der Waals surface area contributed by atoms with E-state index < -0.39 is 0 Å². The molecular formula is C17H30N2O2. The molecule has 4 heteroatoms. The number of anilines is 2. The summed E-state index contributed by atoms with van der Waals surface area (Å²) in [5, 5.41) is 12.6. The molecule has 0 saturated heterocycles. The van der Waals surface area contributed by atoms with Crippen molar-refractivity contribution in [3.8, 4) is 0 Å². The smallest absolute Gasteiger partial charge is 0.0642 e. The van der Waals surface area contributed by atoms with Crippen molar-refractivity contribution in [1.82, 2.24) is 0 Å². The lowest BCUT2D eigenvalue weighted by Gasteiger charge is -2.28. The molecule has 0 radical (unpaired) electrons. The van der Waals surface area contributed by atoms with Crippen molar-refractivity contribution in [2.75, 3.05) is 37.0 Å². The summed E-state index contributed by atoms with van der Waals surface area (Å²) >= 11 is 0. The third-order valence-corrected chi connectivity index (χ3v) is 3.75. The Bertz CT molecular complexity index is 404. The van der Waals surface area contributed by atoms with Gasteiger partial charge in [-0.15, -0.1) is 0 Å². The van der Waals surface area contributed by atoms with Gasteiger partial charge < -0.3 is 20.1 Å². The molecule has 2 N–H and O–H groups in total. The summed E-state index contributed by atoms with van der Waals surface area (Å²) < 4.78 is 5.47. The number of aliphatic hydroxyl groups excluding tert-OH is 1. The Balaban J connectivity index is 2.62. The summed E-state index contributed by atoms with van der Waals surface area (Å²) in [5.74, 6) is 0. The van der Waals surface area contributed by atoms with E-state index in [1.54, 1.807) is 7.11 Å². The standard InChI is InChI=1S/C17H30N2O2/c1-6-19(11-12-20)16-9-7-15(8-10-16)18-14(2)13-17(3,4)21-5/h7-10,14,18,20H,6,11-13H2,1-5H3. The number of benzene rings is 1. The minimum Gasteiger partial charge on any atom is -0.395 e. The van der Waals surface area contributed by atoms with E-state index in [4.69, 9.17) is 9.84 Å². The quantitative estimate of drug-likeness (QED) is 0.734. The highest BCUT2D eigenvalue weighted by molar-refractivity contribution is 5.55. The summed E-state index contributed by atoms with van der Waals surface area (Å²) in [6, 6.07) is 8.70. The van der Waals surface area contributed by atoms with Crippen LogP contribution in [-0.2, 0) is 4.74 Å². The molecule has 0 fully saturated rings. The zero-order valence-electron chi connectivity index (χ0n) is 14.0. The molecule has 0 amide bonds. The number of likely N-dealkylation sites (N-methyl/N-ethyl adjacent to an activating group) is 1. The van der Waals surface area contributed by atoms with E-state index in [0.29, 0.717) is 12.6 Å². The van der Waals surface area contributed by atoms with Crippen LogP contribution < -0.4 is 10.2 Å². The second kappa shape index (κ2) is 8.25. The van der Waals surface area contributed by atoms with Gasteiger partial charge in [-0.2, -0.15) is 0 Å². The highest BCUT2D eigenvalue weighted by atomic mass is 16.5. The number of hydrogen-bond donors (Lipinski definition) is 2. The van der Waals surface area contributed by atoms with Crippen molar-refractivity contribution in [2.24, 2.45) is 0 Å². The van der Waals surface area contributed by atoms with Gasteiger partial charge in [0.25, 0.3) is 0 Å². The maximum Gasteiger partial charge on any atom is 0.0642 e. The molecule has 0 spiro atoms. The van der Waals surface area contributed by atoms with E-state index in [-0.39, 0.29) is 12.2 Å². The van der Waals surface area contributed by atoms with Crippen molar-refractivity contribution < 1.29 is 9.84 Å². The second-order valence-corrected chi connectivity index (χ2v) is 6.06. The monoisotopic (exact) mass is 294 g/mol. The maximum atomic E-state index is 9.07. The third kappa shape index (κ3) is 5.94. The van der Waals surface area contributed by atoms with E-state index in [9.17, 15) is 0 Å². The molecular weight excluding hydrogens is 264 g/mol. The molecule has 0 aliphatic heterocycles. The van der Waals surface area contributed by atoms with Crippen LogP contribution in [0.4, 0.5) is 11.4 Å². The predicted molar refractivity (Wildman–Crippen MR) is 90.2 cm³/mol. The summed E-state index contributed by atoms with van der Waals surface area (Å²) in [5.41, 5.74) is 2.13. The summed E-state index contributed by atoms with van der Waals surface area (Å²) in [6.45, 7) is 10.2.